The molecular weight excluding hydrogens is 282 g/mol. The number of ether oxygens (including phenoxy) is 1. The third-order valence-electron chi connectivity index (χ3n) is 4.67. The van der Waals surface area contributed by atoms with E-state index in [4.69, 9.17) is 4.74 Å². The Hall–Kier alpha value is -1.80. The van der Waals surface area contributed by atoms with E-state index in [0.29, 0.717) is 12.5 Å². The number of hydrogen-bond acceptors (Lipinski definition) is 2. The van der Waals surface area contributed by atoms with Crippen molar-refractivity contribution in [2.45, 2.75) is 38.7 Å². The lowest BCUT2D eigenvalue weighted by Crippen LogP contribution is -2.32. The van der Waals surface area contributed by atoms with Crippen molar-refractivity contribution in [1.29, 1.82) is 0 Å². The van der Waals surface area contributed by atoms with Crippen molar-refractivity contribution in [1.82, 2.24) is 5.32 Å². The van der Waals surface area contributed by atoms with Crippen LogP contribution < -0.4 is 10.1 Å². The maximum absolute atomic E-state index is 5.95. The Bertz CT molecular complexity index is 590. The van der Waals surface area contributed by atoms with E-state index >= 15 is 0 Å². The van der Waals surface area contributed by atoms with Crippen molar-refractivity contribution in [3.8, 4) is 5.75 Å². The Morgan fingerprint density at radius 2 is 1.87 bits per heavy atom. The van der Waals surface area contributed by atoms with Gasteiger partial charge in [0.05, 0.1) is 0 Å². The van der Waals surface area contributed by atoms with Gasteiger partial charge in [0.2, 0.25) is 0 Å². The van der Waals surface area contributed by atoms with E-state index in [-0.39, 0.29) is 0 Å². The average molecular weight is 309 g/mol. The zero-order valence-electron chi connectivity index (χ0n) is 14.0. The van der Waals surface area contributed by atoms with Gasteiger partial charge >= 0.3 is 0 Å². The van der Waals surface area contributed by atoms with Crippen LogP contribution in [0.15, 0.2) is 54.6 Å². The molecule has 0 aromatic heterocycles. The van der Waals surface area contributed by atoms with Gasteiger partial charge in [-0.2, -0.15) is 0 Å². The molecule has 0 radical (unpaired) electrons. The van der Waals surface area contributed by atoms with Gasteiger partial charge in [-0.25, -0.2) is 0 Å². The summed E-state index contributed by atoms with van der Waals surface area (Å²) in [6, 6.07) is 19.0. The van der Waals surface area contributed by atoms with Gasteiger partial charge in [-0.3, -0.25) is 0 Å². The van der Waals surface area contributed by atoms with Gasteiger partial charge in [0.15, 0.2) is 0 Å². The molecule has 1 aliphatic rings. The highest BCUT2D eigenvalue weighted by atomic mass is 16.5. The minimum absolute atomic E-state index is 0.637. The summed E-state index contributed by atoms with van der Waals surface area (Å²) in [6.45, 7) is 5.18. The SMILES string of the molecule is CCCNCC1CC(c2cccc(OCc3ccccc3)c2)C1. The van der Waals surface area contributed by atoms with Gasteiger partial charge < -0.3 is 10.1 Å². The highest BCUT2D eigenvalue weighted by molar-refractivity contribution is 5.32. The quantitative estimate of drug-likeness (QED) is 0.710. The predicted molar refractivity (Wildman–Crippen MR) is 95.8 cm³/mol. The fraction of sp³-hybridized carbons (Fsp3) is 0.429. The number of hydrogen-bond donors (Lipinski definition) is 1. The van der Waals surface area contributed by atoms with E-state index in [1.807, 2.05) is 6.07 Å². The molecule has 2 aromatic carbocycles. The monoisotopic (exact) mass is 309 g/mol. The molecular formula is C21H27NO. The van der Waals surface area contributed by atoms with Crippen LogP contribution in [0.3, 0.4) is 0 Å². The summed E-state index contributed by atoms with van der Waals surface area (Å²) < 4.78 is 5.95. The minimum Gasteiger partial charge on any atom is -0.489 e. The maximum atomic E-state index is 5.95. The first-order valence-electron chi connectivity index (χ1n) is 8.82. The van der Waals surface area contributed by atoms with Crippen molar-refractivity contribution in [2.75, 3.05) is 13.1 Å². The third kappa shape index (κ3) is 4.59. The smallest absolute Gasteiger partial charge is 0.120 e. The Kier molecular flexibility index (Phi) is 5.71. The standard InChI is InChI=1S/C21H27NO/c1-2-11-22-15-18-12-20(13-18)19-9-6-10-21(14-19)23-16-17-7-4-3-5-8-17/h3-10,14,18,20,22H,2,11-13,15-16H2,1H3. The topological polar surface area (TPSA) is 21.3 Å². The summed E-state index contributed by atoms with van der Waals surface area (Å²) in [5.74, 6) is 2.54. The summed E-state index contributed by atoms with van der Waals surface area (Å²) in [6.07, 6.45) is 3.83. The zero-order chi connectivity index (χ0) is 15.9. The molecule has 2 aromatic rings. The highest BCUT2D eigenvalue weighted by Crippen LogP contribution is 2.42. The maximum Gasteiger partial charge on any atom is 0.120 e. The van der Waals surface area contributed by atoms with Crippen LogP contribution in [0, 0.1) is 5.92 Å². The lowest BCUT2D eigenvalue weighted by Gasteiger charge is -2.36. The molecule has 0 bridgehead atoms. The molecule has 0 spiro atoms. The summed E-state index contributed by atoms with van der Waals surface area (Å²) >= 11 is 0. The molecule has 0 saturated heterocycles. The molecule has 122 valence electrons. The van der Waals surface area contributed by atoms with E-state index in [1.54, 1.807) is 0 Å². The van der Waals surface area contributed by atoms with Gasteiger partial charge in [0, 0.05) is 0 Å². The van der Waals surface area contributed by atoms with Crippen LogP contribution in [0.25, 0.3) is 0 Å². The van der Waals surface area contributed by atoms with Gasteiger partial charge in [-0.15, -0.1) is 0 Å². The van der Waals surface area contributed by atoms with Crippen LogP contribution in [0.2, 0.25) is 0 Å². The lowest BCUT2D eigenvalue weighted by molar-refractivity contribution is 0.253. The van der Waals surface area contributed by atoms with Crippen molar-refractivity contribution in [3.63, 3.8) is 0 Å². The van der Waals surface area contributed by atoms with E-state index < -0.39 is 0 Å². The molecule has 0 atom stereocenters. The molecule has 0 heterocycles. The Morgan fingerprint density at radius 1 is 1.04 bits per heavy atom. The summed E-state index contributed by atoms with van der Waals surface area (Å²) in [7, 11) is 0. The summed E-state index contributed by atoms with van der Waals surface area (Å²) in [4.78, 5) is 0. The zero-order valence-corrected chi connectivity index (χ0v) is 14.0. The second-order valence-electron chi connectivity index (χ2n) is 6.59. The summed E-state index contributed by atoms with van der Waals surface area (Å²) in [5.41, 5.74) is 2.64. The lowest BCUT2D eigenvalue weighted by atomic mass is 9.71. The van der Waals surface area contributed by atoms with Crippen molar-refractivity contribution >= 4 is 0 Å². The molecule has 1 N–H and O–H groups in total. The molecule has 1 saturated carbocycles. The van der Waals surface area contributed by atoms with Crippen LogP contribution >= 0.6 is 0 Å². The van der Waals surface area contributed by atoms with Crippen molar-refractivity contribution in [3.05, 3.63) is 65.7 Å². The molecule has 0 unspecified atom stereocenters. The predicted octanol–water partition coefficient (Wildman–Crippen LogP) is 4.76. The first-order chi connectivity index (χ1) is 11.3. The average Bonchev–Trinajstić information content (AvgIpc) is 2.56. The van der Waals surface area contributed by atoms with Gasteiger partial charge in [-0.1, -0.05) is 49.4 Å². The first-order valence-corrected chi connectivity index (χ1v) is 8.82. The van der Waals surface area contributed by atoms with Gasteiger partial charge in [-0.05, 0) is 67.4 Å². The fourth-order valence-electron chi connectivity index (χ4n) is 3.26. The Labute approximate surface area is 139 Å². The Morgan fingerprint density at radius 3 is 2.65 bits per heavy atom. The second-order valence-corrected chi connectivity index (χ2v) is 6.59. The van der Waals surface area contributed by atoms with E-state index in [0.717, 1.165) is 18.2 Å². The van der Waals surface area contributed by atoms with Gasteiger partial charge in [0.25, 0.3) is 0 Å². The van der Waals surface area contributed by atoms with E-state index in [1.165, 1.54) is 36.9 Å². The molecule has 1 fully saturated rings. The van der Waals surface area contributed by atoms with Crippen LogP contribution in [0.4, 0.5) is 0 Å². The molecule has 1 aliphatic carbocycles. The minimum atomic E-state index is 0.637. The first kappa shape index (κ1) is 16.1. The molecule has 3 rings (SSSR count). The van der Waals surface area contributed by atoms with E-state index in [2.05, 4.69) is 60.8 Å². The van der Waals surface area contributed by atoms with E-state index in [9.17, 15) is 0 Å². The normalized spacial score (nSPS) is 20.0. The summed E-state index contributed by atoms with van der Waals surface area (Å²) in [5, 5.41) is 3.53. The Balaban J connectivity index is 1.48. The van der Waals surface area contributed by atoms with Crippen molar-refractivity contribution in [2.24, 2.45) is 5.92 Å². The molecule has 23 heavy (non-hydrogen) atoms. The van der Waals surface area contributed by atoms with Crippen LogP contribution in [-0.4, -0.2) is 13.1 Å². The van der Waals surface area contributed by atoms with Crippen molar-refractivity contribution < 1.29 is 4.74 Å². The molecule has 2 nitrogen and oxygen atoms in total. The van der Waals surface area contributed by atoms with Crippen LogP contribution in [-0.2, 0) is 6.61 Å². The van der Waals surface area contributed by atoms with Crippen LogP contribution in [0.1, 0.15) is 43.2 Å². The highest BCUT2D eigenvalue weighted by Gasteiger charge is 2.29. The molecule has 0 aliphatic heterocycles. The second kappa shape index (κ2) is 8.16. The largest absolute Gasteiger partial charge is 0.489 e. The number of nitrogens with one attached hydrogen (secondary N) is 1. The van der Waals surface area contributed by atoms with Gasteiger partial charge in [0.1, 0.15) is 12.4 Å². The third-order valence-corrected chi connectivity index (χ3v) is 4.67. The van der Waals surface area contributed by atoms with Crippen LogP contribution in [0.5, 0.6) is 5.75 Å². The fourth-order valence-corrected chi connectivity index (χ4v) is 3.26. The molecule has 2 heteroatoms. The number of rotatable bonds is 8. The molecule has 0 amide bonds. The number of benzene rings is 2.